The third-order valence-electron chi connectivity index (χ3n) is 5.75. The molecular weight excluding hydrogens is 494 g/mol. The minimum absolute atomic E-state index is 0.00165. The van der Waals surface area contributed by atoms with Gasteiger partial charge in [-0.3, -0.25) is 4.79 Å². The number of nitrogens with zero attached hydrogens (tertiary/aromatic N) is 2. The quantitative estimate of drug-likeness (QED) is 0.233. The van der Waals surface area contributed by atoms with Crippen LogP contribution in [0, 0.1) is 18.6 Å². The van der Waals surface area contributed by atoms with Gasteiger partial charge < -0.3 is 14.0 Å². The van der Waals surface area contributed by atoms with Gasteiger partial charge in [-0.2, -0.15) is 0 Å². The highest BCUT2D eigenvalue weighted by Gasteiger charge is 2.32. The fourth-order valence-corrected chi connectivity index (χ4v) is 4.01. The molecule has 38 heavy (non-hydrogen) atoms. The molecule has 3 aromatic carbocycles. The van der Waals surface area contributed by atoms with Crippen molar-refractivity contribution in [2.45, 2.75) is 27.2 Å². The number of amides is 1. The molecule has 0 atom stereocenters. The fraction of sp³-hybridized carbons (Fsp3) is 0.207. The monoisotopic (exact) mass is 520 g/mol. The van der Waals surface area contributed by atoms with Gasteiger partial charge in [0.1, 0.15) is 28.7 Å². The number of carbonyl (C=O) groups is 2. The minimum Gasteiger partial charge on any atom is -0.466 e. The standard InChI is InChI=1S/C29H26F2N2O5/c1-4-36-25(34)17-19-9-11-20(12-10-19)21-13-15-22(16-14-21)28-26(18(3)32-38-28)33(29(35)37-5-2)27-23(30)7-6-8-24(27)31/h6-16H,4-5,17H2,1-3H3. The molecule has 0 spiro atoms. The Hall–Kier alpha value is -4.53. The maximum atomic E-state index is 14.8. The molecular formula is C29H26F2N2O5. The van der Waals surface area contributed by atoms with Gasteiger partial charge >= 0.3 is 12.1 Å². The van der Waals surface area contributed by atoms with Crippen LogP contribution < -0.4 is 4.90 Å². The summed E-state index contributed by atoms with van der Waals surface area (Å²) in [6.45, 7) is 5.26. The normalized spacial score (nSPS) is 10.8. The Bertz CT molecular complexity index is 1410. The van der Waals surface area contributed by atoms with Gasteiger partial charge in [0.05, 0.1) is 19.6 Å². The summed E-state index contributed by atoms with van der Waals surface area (Å²) in [5.41, 5.74) is 2.91. The third kappa shape index (κ3) is 5.56. The van der Waals surface area contributed by atoms with Crippen molar-refractivity contribution in [2.24, 2.45) is 0 Å². The molecule has 0 N–H and O–H groups in total. The van der Waals surface area contributed by atoms with Gasteiger partial charge in [-0.1, -0.05) is 59.8 Å². The smallest absolute Gasteiger partial charge is 0.419 e. The number of aryl methyl sites for hydroxylation is 1. The average molecular weight is 521 g/mol. The lowest BCUT2D eigenvalue weighted by Crippen LogP contribution is -2.29. The van der Waals surface area contributed by atoms with Crippen LogP contribution in [0.15, 0.2) is 71.3 Å². The van der Waals surface area contributed by atoms with E-state index in [0.29, 0.717) is 12.2 Å². The molecule has 7 nitrogen and oxygen atoms in total. The SMILES string of the molecule is CCOC(=O)Cc1ccc(-c2ccc(-c3onc(C)c3N(C(=O)OCC)c3c(F)cccc3F)cc2)cc1. The van der Waals surface area contributed by atoms with Crippen molar-refractivity contribution in [3.8, 4) is 22.5 Å². The van der Waals surface area contributed by atoms with E-state index in [4.69, 9.17) is 14.0 Å². The minimum atomic E-state index is -0.969. The zero-order valence-electron chi connectivity index (χ0n) is 21.2. The highest BCUT2D eigenvalue weighted by atomic mass is 19.1. The van der Waals surface area contributed by atoms with Crippen molar-refractivity contribution in [1.29, 1.82) is 0 Å². The van der Waals surface area contributed by atoms with Crippen molar-refractivity contribution in [3.05, 3.63) is 89.6 Å². The van der Waals surface area contributed by atoms with Crippen molar-refractivity contribution in [1.82, 2.24) is 5.16 Å². The largest absolute Gasteiger partial charge is 0.466 e. The zero-order chi connectivity index (χ0) is 27.2. The highest BCUT2D eigenvalue weighted by Crippen LogP contribution is 2.40. The van der Waals surface area contributed by atoms with Crippen LogP contribution in [0.3, 0.4) is 0 Å². The maximum absolute atomic E-state index is 14.8. The van der Waals surface area contributed by atoms with E-state index in [9.17, 15) is 18.4 Å². The number of halogens is 2. The first-order chi connectivity index (χ1) is 18.3. The number of esters is 1. The Morgan fingerprint density at radius 1 is 0.816 bits per heavy atom. The Balaban J connectivity index is 1.68. The Labute approximate surface area is 218 Å². The number of hydrogen-bond acceptors (Lipinski definition) is 6. The number of para-hydroxylation sites is 1. The molecule has 196 valence electrons. The van der Waals surface area contributed by atoms with Crippen LogP contribution in [-0.2, 0) is 20.7 Å². The summed E-state index contributed by atoms with van der Waals surface area (Å²) in [4.78, 5) is 25.4. The summed E-state index contributed by atoms with van der Waals surface area (Å²) >= 11 is 0. The second kappa shape index (κ2) is 11.7. The molecule has 9 heteroatoms. The number of rotatable bonds is 8. The van der Waals surface area contributed by atoms with Crippen LogP contribution in [0.2, 0.25) is 0 Å². The van der Waals surface area contributed by atoms with Crippen molar-refractivity contribution in [2.75, 3.05) is 18.1 Å². The van der Waals surface area contributed by atoms with Gasteiger partial charge in [-0.25, -0.2) is 18.5 Å². The molecule has 1 aromatic heterocycles. The molecule has 1 heterocycles. The predicted molar refractivity (Wildman–Crippen MR) is 138 cm³/mol. The van der Waals surface area contributed by atoms with E-state index >= 15 is 0 Å². The van der Waals surface area contributed by atoms with E-state index in [1.165, 1.54) is 6.07 Å². The van der Waals surface area contributed by atoms with Gasteiger partial charge in [0, 0.05) is 5.56 Å². The maximum Gasteiger partial charge on any atom is 0.419 e. The van der Waals surface area contributed by atoms with Gasteiger partial charge in [0.25, 0.3) is 0 Å². The molecule has 0 saturated carbocycles. The first kappa shape index (κ1) is 26.5. The lowest BCUT2D eigenvalue weighted by Gasteiger charge is -2.23. The molecule has 0 fully saturated rings. The van der Waals surface area contributed by atoms with Crippen LogP contribution in [-0.4, -0.2) is 30.4 Å². The Morgan fingerprint density at radius 3 is 1.95 bits per heavy atom. The van der Waals surface area contributed by atoms with E-state index in [0.717, 1.165) is 33.7 Å². The first-order valence-electron chi connectivity index (χ1n) is 12.1. The second-order valence-electron chi connectivity index (χ2n) is 8.31. The highest BCUT2D eigenvalue weighted by molar-refractivity contribution is 6.00. The van der Waals surface area contributed by atoms with Gasteiger partial charge in [-0.05, 0) is 49.6 Å². The van der Waals surface area contributed by atoms with Crippen molar-refractivity contribution in [3.63, 3.8) is 0 Å². The molecule has 0 aliphatic rings. The van der Waals surface area contributed by atoms with Crippen LogP contribution in [0.25, 0.3) is 22.5 Å². The Kier molecular flexibility index (Phi) is 8.15. The first-order valence-corrected chi connectivity index (χ1v) is 12.1. The molecule has 4 aromatic rings. The average Bonchev–Trinajstić information content (AvgIpc) is 3.28. The van der Waals surface area contributed by atoms with E-state index < -0.39 is 23.4 Å². The molecule has 1 amide bonds. The number of benzene rings is 3. The van der Waals surface area contributed by atoms with Gasteiger partial charge in [-0.15, -0.1) is 0 Å². The summed E-state index contributed by atoms with van der Waals surface area (Å²) < 4.78 is 45.2. The summed E-state index contributed by atoms with van der Waals surface area (Å²) in [5, 5.41) is 3.96. The molecule has 4 rings (SSSR count). The molecule has 0 bridgehead atoms. The van der Waals surface area contributed by atoms with E-state index in [-0.39, 0.29) is 36.1 Å². The number of anilines is 2. The third-order valence-corrected chi connectivity index (χ3v) is 5.75. The zero-order valence-corrected chi connectivity index (χ0v) is 21.2. The van der Waals surface area contributed by atoms with Crippen LogP contribution in [0.1, 0.15) is 25.1 Å². The van der Waals surface area contributed by atoms with Gasteiger partial charge in [0.15, 0.2) is 5.76 Å². The lowest BCUT2D eigenvalue weighted by atomic mass is 10.0. The number of ether oxygens (including phenoxy) is 2. The van der Waals surface area contributed by atoms with Gasteiger partial charge in [0.2, 0.25) is 0 Å². The second-order valence-corrected chi connectivity index (χ2v) is 8.31. The van der Waals surface area contributed by atoms with Crippen LogP contribution in [0.5, 0.6) is 0 Å². The molecule has 0 aliphatic carbocycles. The fourth-order valence-electron chi connectivity index (χ4n) is 4.01. The van der Waals surface area contributed by atoms with Crippen molar-refractivity contribution >= 4 is 23.4 Å². The topological polar surface area (TPSA) is 81.9 Å². The summed E-state index contributed by atoms with van der Waals surface area (Å²) in [6, 6.07) is 18.0. The molecule has 0 unspecified atom stereocenters. The lowest BCUT2D eigenvalue weighted by molar-refractivity contribution is -0.142. The summed E-state index contributed by atoms with van der Waals surface area (Å²) in [7, 11) is 0. The van der Waals surface area contributed by atoms with E-state index in [1.54, 1.807) is 32.9 Å². The predicted octanol–water partition coefficient (Wildman–Crippen LogP) is 7.00. The van der Waals surface area contributed by atoms with Crippen LogP contribution >= 0.6 is 0 Å². The van der Waals surface area contributed by atoms with E-state index in [1.807, 2.05) is 36.4 Å². The van der Waals surface area contributed by atoms with Crippen molar-refractivity contribution < 1.29 is 32.4 Å². The summed E-state index contributed by atoms with van der Waals surface area (Å²) in [5.74, 6) is -2.01. The Morgan fingerprint density at radius 2 is 1.37 bits per heavy atom. The number of carbonyl (C=O) groups excluding carboxylic acids is 2. The molecule has 0 saturated heterocycles. The molecule has 0 aliphatic heterocycles. The van der Waals surface area contributed by atoms with E-state index in [2.05, 4.69) is 5.16 Å². The number of hydrogen-bond donors (Lipinski definition) is 0. The number of aromatic nitrogens is 1. The van der Waals surface area contributed by atoms with Crippen LogP contribution in [0.4, 0.5) is 25.0 Å². The molecule has 0 radical (unpaired) electrons. The summed E-state index contributed by atoms with van der Waals surface area (Å²) in [6.07, 6.45) is -0.774.